The van der Waals surface area contributed by atoms with Crippen LogP contribution in [0.5, 0.6) is 11.5 Å². The lowest BCUT2D eigenvalue weighted by Gasteiger charge is -2.40. The first-order chi connectivity index (χ1) is 26.5. The predicted molar refractivity (Wildman–Crippen MR) is 211 cm³/mol. The molecule has 0 radical (unpaired) electrons. The minimum Gasteiger partial charge on any atom is -0.496 e. The van der Waals surface area contributed by atoms with Crippen molar-refractivity contribution in [2.24, 2.45) is 23.0 Å². The zero-order valence-corrected chi connectivity index (χ0v) is 33.4. The number of carbonyl (C=O) groups is 3. The van der Waals surface area contributed by atoms with E-state index in [1.807, 2.05) is 49.3 Å². The van der Waals surface area contributed by atoms with Gasteiger partial charge in [-0.2, -0.15) is 5.06 Å². The number of nitrogens with zero attached hydrogens (tertiary/aromatic N) is 3. The van der Waals surface area contributed by atoms with Crippen LogP contribution < -0.4 is 30.7 Å². The number of nitrogens with two attached hydrogens (primary N) is 1. The van der Waals surface area contributed by atoms with Gasteiger partial charge in [0.1, 0.15) is 23.6 Å². The summed E-state index contributed by atoms with van der Waals surface area (Å²) >= 11 is 0. The van der Waals surface area contributed by atoms with E-state index in [1.165, 1.54) is 24.3 Å². The Morgan fingerprint density at radius 1 is 1.12 bits per heavy atom. The monoisotopic (exact) mass is 774 g/mol. The molecule has 5 unspecified atom stereocenters. The van der Waals surface area contributed by atoms with Gasteiger partial charge in [0.05, 0.1) is 30.6 Å². The number of hydroxylamine groups is 2. The second kappa shape index (κ2) is 17.7. The van der Waals surface area contributed by atoms with Crippen molar-refractivity contribution in [1.82, 2.24) is 15.7 Å². The highest BCUT2D eigenvalue weighted by atomic mass is 16.7. The number of hydrogen-bond donors (Lipinski definition) is 3. The van der Waals surface area contributed by atoms with Gasteiger partial charge in [-0.15, -0.1) is 0 Å². The molecule has 3 aromatic carbocycles. The summed E-state index contributed by atoms with van der Waals surface area (Å²) in [5.41, 5.74) is 9.78. The maximum atomic E-state index is 14.6. The van der Waals surface area contributed by atoms with Crippen LogP contribution in [0, 0.1) is 27.4 Å². The fourth-order valence-corrected chi connectivity index (χ4v) is 7.97. The van der Waals surface area contributed by atoms with Crippen LogP contribution in [0.2, 0.25) is 0 Å². The van der Waals surface area contributed by atoms with Gasteiger partial charge < -0.3 is 35.5 Å². The fraction of sp³-hybridized carbons (Fsp3) is 0.488. The van der Waals surface area contributed by atoms with Gasteiger partial charge in [-0.3, -0.25) is 24.5 Å². The molecule has 4 N–H and O–H groups in total. The Morgan fingerprint density at radius 2 is 1.84 bits per heavy atom. The van der Waals surface area contributed by atoms with E-state index in [0.29, 0.717) is 16.9 Å². The van der Waals surface area contributed by atoms with Gasteiger partial charge in [-0.25, -0.2) is 4.79 Å². The van der Waals surface area contributed by atoms with Crippen molar-refractivity contribution in [3.63, 3.8) is 0 Å². The van der Waals surface area contributed by atoms with Crippen LogP contribution in [-0.2, 0) is 20.9 Å². The molecule has 2 fully saturated rings. The molecule has 2 aliphatic rings. The van der Waals surface area contributed by atoms with Crippen LogP contribution in [0.1, 0.15) is 62.9 Å². The molecule has 3 aromatic rings. The van der Waals surface area contributed by atoms with Gasteiger partial charge in [0.25, 0.3) is 11.6 Å². The Balaban J connectivity index is 1.47. The Labute approximate surface area is 327 Å². The number of rotatable bonds is 13. The van der Waals surface area contributed by atoms with E-state index in [2.05, 4.69) is 31.4 Å². The number of benzene rings is 3. The Bertz CT molecular complexity index is 1900. The topological polar surface area (TPSA) is 188 Å². The number of amides is 2. The first kappa shape index (κ1) is 41.9. The number of nitro groups is 1. The first-order valence-corrected chi connectivity index (χ1v) is 18.8. The summed E-state index contributed by atoms with van der Waals surface area (Å²) in [6, 6.07) is 15.3. The third kappa shape index (κ3) is 9.57. The van der Waals surface area contributed by atoms with Gasteiger partial charge >= 0.3 is 6.16 Å². The lowest BCUT2D eigenvalue weighted by atomic mass is 9.70. The molecule has 1 saturated heterocycles. The van der Waals surface area contributed by atoms with Gasteiger partial charge in [0.15, 0.2) is 0 Å². The lowest BCUT2D eigenvalue weighted by Crippen LogP contribution is -2.54. The van der Waals surface area contributed by atoms with Crippen molar-refractivity contribution in [3.8, 4) is 22.6 Å². The summed E-state index contributed by atoms with van der Waals surface area (Å²) in [6.07, 6.45) is 0.0300. The van der Waals surface area contributed by atoms with E-state index in [4.69, 9.17) is 24.8 Å². The molecule has 5 rings (SSSR count). The van der Waals surface area contributed by atoms with Gasteiger partial charge in [-0.05, 0) is 73.4 Å². The Hall–Kier alpha value is -5.25. The molecule has 15 nitrogen and oxygen atoms in total. The van der Waals surface area contributed by atoms with Gasteiger partial charge in [0, 0.05) is 68.2 Å². The maximum Gasteiger partial charge on any atom is 0.514 e. The van der Waals surface area contributed by atoms with E-state index in [0.717, 1.165) is 36.1 Å². The average molecular weight is 775 g/mol. The van der Waals surface area contributed by atoms with Crippen molar-refractivity contribution >= 4 is 29.3 Å². The van der Waals surface area contributed by atoms with Crippen LogP contribution >= 0.6 is 0 Å². The molecule has 15 heteroatoms. The number of nitrogens with one attached hydrogen (secondary N) is 2. The average Bonchev–Trinajstić information content (AvgIpc) is 3.53. The molecule has 0 spiro atoms. The molecule has 1 heterocycles. The molecular formula is C41H54N6O9. The van der Waals surface area contributed by atoms with E-state index in [1.54, 1.807) is 32.2 Å². The number of hydrogen-bond acceptors (Lipinski definition) is 12. The van der Waals surface area contributed by atoms with Crippen LogP contribution in [0.25, 0.3) is 11.1 Å². The molecule has 1 saturated carbocycles. The molecular weight excluding hydrogens is 720 g/mol. The van der Waals surface area contributed by atoms with E-state index < -0.39 is 35.2 Å². The summed E-state index contributed by atoms with van der Waals surface area (Å²) < 4.78 is 17.1. The van der Waals surface area contributed by atoms with E-state index in [-0.39, 0.29) is 53.7 Å². The van der Waals surface area contributed by atoms with Crippen LogP contribution in [0.3, 0.4) is 0 Å². The number of para-hydroxylation sites is 1. The van der Waals surface area contributed by atoms with E-state index >= 15 is 0 Å². The highest BCUT2D eigenvalue weighted by Crippen LogP contribution is 2.41. The molecule has 56 heavy (non-hydrogen) atoms. The summed E-state index contributed by atoms with van der Waals surface area (Å²) in [7, 11) is 6.95. The first-order valence-electron chi connectivity index (χ1n) is 18.8. The molecule has 0 aromatic heterocycles. The molecule has 0 bridgehead atoms. The van der Waals surface area contributed by atoms with Crippen molar-refractivity contribution in [3.05, 3.63) is 81.9 Å². The van der Waals surface area contributed by atoms with Gasteiger partial charge in [0.2, 0.25) is 5.91 Å². The normalized spacial score (nSPS) is 22.4. The van der Waals surface area contributed by atoms with Crippen LogP contribution in [-0.4, -0.2) is 87.0 Å². The third-order valence-corrected chi connectivity index (χ3v) is 10.8. The van der Waals surface area contributed by atoms with Crippen LogP contribution in [0.15, 0.2) is 60.7 Å². The number of anilines is 1. The standard InChI is InChI=1S/C41H54N6O9/c1-24-21-41(3,4)17-16-33(24)44-39(49)36-35(25(2)54-40(50)55-31-14-12-29(13-15-31)47(51)52)34(22-42)56-46(36)23-26-10-9-11-32(37(26)53-8)27-18-28(38(48)43-5)20-30(19-27)45(6)7/h9-15,18-20,24-25,33-36H,16-17,21-23,42H2,1-8H3,(H,43,48)(H,44,49)/t24?,25?,33-,34?,35?,36?/m0/s1. The Morgan fingerprint density at radius 3 is 2.45 bits per heavy atom. The molecule has 2 amide bonds. The predicted octanol–water partition coefficient (Wildman–Crippen LogP) is 5.69. The zero-order chi connectivity index (χ0) is 40.9. The minimum atomic E-state index is -1.05. The largest absolute Gasteiger partial charge is 0.514 e. The highest BCUT2D eigenvalue weighted by Gasteiger charge is 2.51. The molecule has 1 aliphatic carbocycles. The maximum absolute atomic E-state index is 14.6. The third-order valence-electron chi connectivity index (χ3n) is 10.8. The summed E-state index contributed by atoms with van der Waals surface area (Å²) in [5, 5.41) is 18.7. The lowest BCUT2D eigenvalue weighted by molar-refractivity contribution is -0.384. The Kier molecular flexibility index (Phi) is 13.2. The second-order valence-corrected chi connectivity index (χ2v) is 15.6. The quantitative estimate of drug-likeness (QED) is 0.0835. The van der Waals surface area contributed by atoms with Gasteiger partial charge in [-0.1, -0.05) is 39.0 Å². The molecule has 302 valence electrons. The highest BCUT2D eigenvalue weighted by molar-refractivity contribution is 5.97. The van der Waals surface area contributed by atoms with Crippen molar-refractivity contribution < 1.29 is 38.4 Å². The number of non-ortho nitro benzene ring substituents is 1. The van der Waals surface area contributed by atoms with E-state index in [9.17, 15) is 24.5 Å². The summed E-state index contributed by atoms with van der Waals surface area (Å²) in [6.45, 7) is 8.40. The second-order valence-electron chi connectivity index (χ2n) is 15.6. The molecule has 1 aliphatic heterocycles. The van der Waals surface area contributed by atoms with Crippen LogP contribution in [0.4, 0.5) is 16.2 Å². The number of methoxy groups -OCH3 is 1. The fourth-order valence-electron chi connectivity index (χ4n) is 7.97. The van der Waals surface area contributed by atoms with Crippen molar-refractivity contribution in [2.75, 3.05) is 39.7 Å². The zero-order valence-electron chi connectivity index (χ0n) is 33.4. The van der Waals surface area contributed by atoms with Crippen molar-refractivity contribution in [2.45, 2.75) is 77.8 Å². The molecule has 6 atom stereocenters. The smallest absolute Gasteiger partial charge is 0.496 e. The number of nitro benzene ring substituents is 1. The summed E-state index contributed by atoms with van der Waals surface area (Å²) in [4.78, 5) is 59.3. The number of ether oxygens (including phenoxy) is 3. The van der Waals surface area contributed by atoms with Crippen molar-refractivity contribution in [1.29, 1.82) is 0 Å². The number of carbonyl (C=O) groups excluding carboxylic acids is 3. The SMILES string of the molecule is CNC(=O)c1cc(-c2cccc(CN3OC(CN)C(C(C)OC(=O)Oc4ccc([N+](=O)[O-])cc4)C3C(=O)N[C@H]3CCC(C)(C)CC3C)c2OC)cc(N(C)C)c1. The summed E-state index contributed by atoms with van der Waals surface area (Å²) in [5.74, 6) is -0.428. The minimum absolute atomic E-state index is 0.0147.